The van der Waals surface area contributed by atoms with E-state index in [0.717, 1.165) is 16.0 Å². The Bertz CT molecular complexity index is 1090. The molecule has 6 nitrogen and oxygen atoms in total. The molecular weight excluding hydrogens is 420 g/mol. The molecule has 0 spiro atoms. The second-order valence-electron chi connectivity index (χ2n) is 6.87. The summed E-state index contributed by atoms with van der Waals surface area (Å²) in [4.78, 5) is 17.5. The summed E-state index contributed by atoms with van der Waals surface area (Å²) in [6, 6.07) is 17.4. The summed E-state index contributed by atoms with van der Waals surface area (Å²) in [6.07, 6.45) is 2.64. The number of hydrogen-bond acceptors (Lipinski definition) is 6. The van der Waals surface area contributed by atoms with Gasteiger partial charge in [0.05, 0.1) is 11.4 Å². The van der Waals surface area contributed by atoms with Gasteiger partial charge in [0.2, 0.25) is 11.8 Å². The van der Waals surface area contributed by atoms with E-state index in [4.69, 9.17) is 4.42 Å². The molecule has 30 heavy (non-hydrogen) atoms. The van der Waals surface area contributed by atoms with E-state index in [1.54, 1.807) is 18.7 Å². The number of amides is 1. The molecule has 0 radical (unpaired) electrons. The van der Waals surface area contributed by atoms with Crippen LogP contribution in [0.4, 0.5) is 0 Å². The number of hydrogen-bond donors (Lipinski definition) is 1. The molecule has 8 heteroatoms. The fourth-order valence-corrected chi connectivity index (χ4v) is 4.62. The van der Waals surface area contributed by atoms with E-state index in [-0.39, 0.29) is 5.75 Å². The zero-order valence-corrected chi connectivity index (χ0v) is 18.6. The summed E-state index contributed by atoms with van der Waals surface area (Å²) in [5, 5.41) is 2.67. The standard InChI is InChI=1S/C22H24N2O4S2/c1-16-20(24-22(28-16)18-8-10-19(29-2)11-9-18)14-30(26,27)15-21(25)23-13-12-17-6-4-3-5-7-17/h3-11H,12-15H2,1-2H3,(H,23,25). The van der Waals surface area contributed by atoms with Crippen LogP contribution in [0.5, 0.6) is 0 Å². The number of thioether (sulfide) groups is 1. The first-order chi connectivity index (χ1) is 14.4. The molecule has 2 aromatic carbocycles. The van der Waals surface area contributed by atoms with Gasteiger partial charge in [-0.1, -0.05) is 30.3 Å². The van der Waals surface area contributed by atoms with Gasteiger partial charge in [-0.3, -0.25) is 4.79 Å². The molecule has 1 heterocycles. The van der Waals surface area contributed by atoms with Gasteiger partial charge in [-0.05, 0) is 49.4 Å². The van der Waals surface area contributed by atoms with E-state index in [1.807, 2.05) is 60.9 Å². The van der Waals surface area contributed by atoms with Crippen molar-refractivity contribution >= 4 is 27.5 Å². The van der Waals surface area contributed by atoms with E-state index in [2.05, 4.69) is 10.3 Å². The van der Waals surface area contributed by atoms with Crippen LogP contribution < -0.4 is 5.32 Å². The minimum atomic E-state index is -3.67. The van der Waals surface area contributed by atoms with E-state index < -0.39 is 21.5 Å². The molecule has 0 aliphatic carbocycles. The van der Waals surface area contributed by atoms with Gasteiger partial charge in [-0.15, -0.1) is 11.8 Å². The first-order valence-corrected chi connectivity index (χ1v) is 12.5. The maximum absolute atomic E-state index is 12.5. The molecule has 0 unspecified atom stereocenters. The average Bonchev–Trinajstić information content (AvgIpc) is 3.08. The third kappa shape index (κ3) is 6.21. The minimum Gasteiger partial charge on any atom is -0.441 e. The molecule has 0 bridgehead atoms. The van der Waals surface area contributed by atoms with Crippen molar-refractivity contribution in [2.45, 2.75) is 24.0 Å². The summed E-state index contributed by atoms with van der Waals surface area (Å²) < 4.78 is 30.6. The number of nitrogens with zero attached hydrogens (tertiary/aromatic N) is 1. The largest absolute Gasteiger partial charge is 0.441 e. The number of nitrogens with one attached hydrogen (secondary N) is 1. The highest BCUT2D eigenvalue weighted by molar-refractivity contribution is 7.98. The summed E-state index contributed by atoms with van der Waals surface area (Å²) in [6.45, 7) is 2.06. The first-order valence-electron chi connectivity index (χ1n) is 9.48. The van der Waals surface area contributed by atoms with Gasteiger partial charge in [0, 0.05) is 17.0 Å². The first kappa shape index (κ1) is 22.1. The van der Waals surface area contributed by atoms with Gasteiger partial charge < -0.3 is 9.73 Å². The zero-order chi connectivity index (χ0) is 21.6. The Balaban J connectivity index is 1.57. The molecule has 0 saturated carbocycles. The fraction of sp³-hybridized carbons (Fsp3) is 0.273. The zero-order valence-electron chi connectivity index (χ0n) is 16.9. The topological polar surface area (TPSA) is 89.3 Å². The molecular formula is C22H24N2O4S2. The molecule has 0 fully saturated rings. The quantitative estimate of drug-likeness (QED) is 0.507. The molecule has 0 saturated heterocycles. The van der Waals surface area contributed by atoms with Gasteiger partial charge in [0.1, 0.15) is 11.5 Å². The lowest BCUT2D eigenvalue weighted by molar-refractivity contribution is -0.118. The lowest BCUT2D eigenvalue weighted by Crippen LogP contribution is -2.32. The van der Waals surface area contributed by atoms with Crippen molar-refractivity contribution in [1.29, 1.82) is 0 Å². The number of oxazole rings is 1. The smallest absolute Gasteiger partial charge is 0.235 e. The molecule has 3 aromatic rings. The fourth-order valence-electron chi connectivity index (χ4n) is 2.92. The molecule has 0 aliphatic rings. The maximum atomic E-state index is 12.5. The Morgan fingerprint density at radius 2 is 1.80 bits per heavy atom. The van der Waals surface area contributed by atoms with Crippen molar-refractivity contribution in [3.63, 3.8) is 0 Å². The average molecular weight is 445 g/mol. The van der Waals surface area contributed by atoms with Gasteiger partial charge in [-0.25, -0.2) is 13.4 Å². The molecule has 3 rings (SSSR count). The normalized spacial score (nSPS) is 11.4. The number of aromatic nitrogens is 1. The molecule has 1 amide bonds. The highest BCUT2D eigenvalue weighted by atomic mass is 32.2. The lowest BCUT2D eigenvalue weighted by atomic mass is 10.1. The number of aryl methyl sites for hydroxylation is 1. The highest BCUT2D eigenvalue weighted by Gasteiger charge is 2.22. The number of carbonyl (C=O) groups is 1. The van der Waals surface area contributed by atoms with Gasteiger partial charge in [0.25, 0.3) is 0 Å². The van der Waals surface area contributed by atoms with Crippen molar-refractivity contribution in [3.05, 3.63) is 71.6 Å². The van der Waals surface area contributed by atoms with Crippen LogP contribution in [0.2, 0.25) is 0 Å². The van der Waals surface area contributed by atoms with E-state index in [1.165, 1.54) is 0 Å². The Morgan fingerprint density at radius 1 is 1.10 bits per heavy atom. The molecule has 0 aliphatic heterocycles. The predicted molar refractivity (Wildman–Crippen MR) is 119 cm³/mol. The van der Waals surface area contributed by atoms with Crippen LogP contribution in [0.3, 0.4) is 0 Å². The molecule has 0 atom stereocenters. The molecule has 158 valence electrons. The third-order valence-corrected chi connectivity index (χ3v) is 6.67. The van der Waals surface area contributed by atoms with Crippen molar-refractivity contribution < 1.29 is 17.6 Å². The summed E-state index contributed by atoms with van der Waals surface area (Å²) >= 11 is 1.63. The Hall–Kier alpha value is -2.58. The number of benzene rings is 2. The van der Waals surface area contributed by atoms with Crippen LogP contribution in [-0.2, 0) is 26.8 Å². The van der Waals surface area contributed by atoms with Gasteiger partial charge in [0.15, 0.2) is 9.84 Å². The Labute approximate surface area is 181 Å². The van der Waals surface area contributed by atoms with Crippen LogP contribution in [0.15, 0.2) is 63.9 Å². The minimum absolute atomic E-state index is 0.330. The SMILES string of the molecule is CSc1ccc(-c2nc(CS(=O)(=O)CC(=O)NCCc3ccccc3)c(C)o2)cc1. The second-order valence-corrected chi connectivity index (χ2v) is 9.81. The molecule has 1 N–H and O–H groups in total. The van der Waals surface area contributed by atoms with Crippen molar-refractivity contribution in [3.8, 4) is 11.5 Å². The van der Waals surface area contributed by atoms with Crippen LogP contribution >= 0.6 is 11.8 Å². The summed E-state index contributed by atoms with van der Waals surface area (Å²) in [5.41, 5.74) is 2.19. The van der Waals surface area contributed by atoms with Crippen LogP contribution in [0, 0.1) is 6.92 Å². The third-order valence-electron chi connectivity index (χ3n) is 4.52. The van der Waals surface area contributed by atoms with E-state index >= 15 is 0 Å². The predicted octanol–water partition coefficient (Wildman–Crippen LogP) is 3.65. The van der Waals surface area contributed by atoms with Gasteiger partial charge in [-0.2, -0.15) is 0 Å². The van der Waals surface area contributed by atoms with Crippen molar-refractivity contribution in [2.75, 3.05) is 18.6 Å². The maximum Gasteiger partial charge on any atom is 0.235 e. The van der Waals surface area contributed by atoms with Crippen molar-refractivity contribution in [2.24, 2.45) is 0 Å². The summed E-state index contributed by atoms with van der Waals surface area (Å²) in [7, 11) is -3.67. The Kier molecular flexibility index (Phi) is 7.33. The number of sulfone groups is 1. The van der Waals surface area contributed by atoms with Crippen LogP contribution in [-0.4, -0.2) is 37.9 Å². The van der Waals surface area contributed by atoms with Gasteiger partial charge >= 0.3 is 0 Å². The number of carbonyl (C=O) groups excluding carboxylic acids is 1. The molecule has 1 aromatic heterocycles. The van der Waals surface area contributed by atoms with Crippen LogP contribution in [0.1, 0.15) is 17.0 Å². The summed E-state index contributed by atoms with van der Waals surface area (Å²) in [5.74, 6) is -0.618. The highest BCUT2D eigenvalue weighted by Crippen LogP contribution is 2.25. The van der Waals surface area contributed by atoms with Crippen molar-refractivity contribution in [1.82, 2.24) is 10.3 Å². The lowest BCUT2D eigenvalue weighted by Gasteiger charge is -2.06. The Morgan fingerprint density at radius 3 is 2.47 bits per heavy atom. The van der Waals surface area contributed by atoms with E-state index in [9.17, 15) is 13.2 Å². The second kappa shape index (κ2) is 9.95. The number of rotatable bonds is 9. The monoisotopic (exact) mass is 444 g/mol. The van der Waals surface area contributed by atoms with E-state index in [0.29, 0.717) is 30.3 Å². The van der Waals surface area contributed by atoms with Crippen LogP contribution in [0.25, 0.3) is 11.5 Å².